The predicted octanol–water partition coefficient (Wildman–Crippen LogP) is 0.987. The van der Waals surface area contributed by atoms with Gasteiger partial charge in [0, 0.05) is 25.7 Å². The minimum absolute atomic E-state index is 0.134. The van der Waals surface area contributed by atoms with Gasteiger partial charge in [0.25, 0.3) is 0 Å². The summed E-state index contributed by atoms with van der Waals surface area (Å²) in [4.78, 5) is 2.29. The van der Waals surface area contributed by atoms with Gasteiger partial charge in [0.05, 0.1) is 0 Å². The lowest BCUT2D eigenvalue weighted by molar-refractivity contribution is 0.324. The smallest absolute Gasteiger partial charge is 0.232 e. The van der Waals surface area contributed by atoms with Crippen molar-refractivity contribution in [3.8, 4) is 0 Å². The van der Waals surface area contributed by atoms with E-state index in [2.05, 4.69) is 21.8 Å². The van der Waals surface area contributed by atoms with Gasteiger partial charge in [-0.15, -0.1) is 0 Å². The monoisotopic (exact) mass is 240 g/mol. The molecule has 4 nitrogen and oxygen atoms in total. The molecule has 2 atom stereocenters. The Labute approximate surface area is 98.1 Å². The molecule has 1 aliphatic rings. The number of likely N-dealkylation sites (tertiary alicyclic amines) is 1. The molecular formula is C11H16N2O2S. The van der Waals surface area contributed by atoms with E-state index in [0.717, 1.165) is 26.1 Å². The number of rotatable bonds is 4. The van der Waals surface area contributed by atoms with Crippen molar-refractivity contribution in [2.75, 3.05) is 13.1 Å². The van der Waals surface area contributed by atoms with Crippen LogP contribution in [-0.2, 0) is 17.8 Å². The zero-order valence-electron chi connectivity index (χ0n) is 9.00. The molecule has 0 aromatic heterocycles. The molecule has 16 heavy (non-hydrogen) atoms. The van der Waals surface area contributed by atoms with E-state index in [-0.39, 0.29) is 6.04 Å². The van der Waals surface area contributed by atoms with Crippen molar-refractivity contribution in [1.82, 2.24) is 9.62 Å². The van der Waals surface area contributed by atoms with Crippen LogP contribution in [0.1, 0.15) is 12.0 Å². The molecule has 1 aliphatic heterocycles. The second kappa shape index (κ2) is 5.54. The number of hydrogen-bond donors (Lipinski definition) is 2. The molecule has 88 valence electrons. The molecule has 1 aromatic carbocycles. The lowest BCUT2D eigenvalue weighted by Crippen LogP contribution is -2.33. The second-order valence-corrected chi connectivity index (χ2v) is 4.81. The van der Waals surface area contributed by atoms with Gasteiger partial charge in [-0.1, -0.05) is 30.3 Å². The van der Waals surface area contributed by atoms with Crippen LogP contribution < -0.4 is 4.72 Å². The van der Waals surface area contributed by atoms with Gasteiger partial charge in [0.1, 0.15) is 0 Å². The lowest BCUT2D eigenvalue weighted by Gasteiger charge is -2.15. The Morgan fingerprint density at radius 1 is 1.44 bits per heavy atom. The summed E-state index contributed by atoms with van der Waals surface area (Å²) < 4.78 is 22.0. The van der Waals surface area contributed by atoms with Crippen molar-refractivity contribution < 1.29 is 8.76 Å². The quantitative estimate of drug-likeness (QED) is 0.772. The van der Waals surface area contributed by atoms with E-state index >= 15 is 0 Å². The van der Waals surface area contributed by atoms with E-state index in [1.165, 1.54) is 5.56 Å². The summed E-state index contributed by atoms with van der Waals surface area (Å²) in [5, 5.41) is 0. The van der Waals surface area contributed by atoms with Crippen molar-refractivity contribution in [3.05, 3.63) is 35.9 Å². The van der Waals surface area contributed by atoms with Gasteiger partial charge in [-0.25, -0.2) is 8.93 Å². The van der Waals surface area contributed by atoms with Crippen LogP contribution in [0.5, 0.6) is 0 Å². The van der Waals surface area contributed by atoms with Gasteiger partial charge < -0.3 is 0 Å². The summed E-state index contributed by atoms with van der Waals surface area (Å²) in [6.07, 6.45) is 0.930. The molecule has 1 heterocycles. The maximum Gasteiger partial charge on any atom is 0.232 e. The highest BCUT2D eigenvalue weighted by Gasteiger charge is 2.23. The molecule has 1 fully saturated rings. The first-order valence-electron chi connectivity index (χ1n) is 5.37. The van der Waals surface area contributed by atoms with E-state index in [9.17, 15) is 4.21 Å². The Bertz CT molecular complexity index is 358. The van der Waals surface area contributed by atoms with E-state index in [1.807, 2.05) is 18.2 Å². The van der Waals surface area contributed by atoms with Crippen LogP contribution >= 0.6 is 0 Å². The Kier molecular flexibility index (Phi) is 4.06. The molecule has 0 radical (unpaired) electrons. The number of nitrogens with one attached hydrogen (secondary N) is 1. The maximum atomic E-state index is 10.6. The predicted molar refractivity (Wildman–Crippen MR) is 64.0 cm³/mol. The van der Waals surface area contributed by atoms with Crippen molar-refractivity contribution in [3.63, 3.8) is 0 Å². The van der Waals surface area contributed by atoms with Crippen molar-refractivity contribution in [2.24, 2.45) is 0 Å². The van der Waals surface area contributed by atoms with Gasteiger partial charge in [0.15, 0.2) is 0 Å². The standard InChI is InChI=1S/C11H16N2O2S/c14-16(15)12-11-6-7-13(9-11)8-10-4-2-1-3-5-10/h1-5,11-12H,6-9H2,(H,14,15). The number of benzene rings is 1. The average molecular weight is 240 g/mol. The third kappa shape index (κ3) is 3.38. The SMILES string of the molecule is O=S(O)NC1CCN(Cc2ccccc2)C1. The van der Waals surface area contributed by atoms with Crippen LogP contribution in [0, 0.1) is 0 Å². The normalized spacial score (nSPS) is 23.4. The summed E-state index contributed by atoms with van der Waals surface area (Å²) in [6, 6.07) is 10.4. The van der Waals surface area contributed by atoms with Gasteiger partial charge in [0.2, 0.25) is 11.3 Å². The Morgan fingerprint density at radius 2 is 2.19 bits per heavy atom. The molecule has 1 aromatic rings. The average Bonchev–Trinajstić information content (AvgIpc) is 2.66. The molecule has 0 aliphatic carbocycles. The zero-order chi connectivity index (χ0) is 11.4. The fourth-order valence-corrected chi connectivity index (χ4v) is 2.53. The van der Waals surface area contributed by atoms with E-state index in [4.69, 9.17) is 4.55 Å². The molecule has 1 saturated heterocycles. The molecule has 2 rings (SSSR count). The zero-order valence-corrected chi connectivity index (χ0v) is 9.82. The molecule has 5 heteroatoms. The van der Waals surface area contributed by atoms with Gasteiger partial charge >= 0.3 is 0 Å². The second-order valence-electron chi connectivity index (χ2n) is 4.07. The van der Waals surface area contributed by atoms with Gasteiger partial charge in [-0.3, -0.25) is 9.45 Å². The van der Waals surface area contributed by atoms with Crippen LogP contribution in [0.4, 0.5) is 0 Å². The molecule has 2 unspecified atom stereocenters. The summed E-state index contributed by atoms with van der Waals surface area (Å²) in [6.45, 7) is 2.72. The van der Waals surface area contributed by atoms with Crippen molar-refractivity contribution in [1.29, 1.82) is 0 Å². The van der Waals surface area contributed by atoms with Crippen LogP contribution in [-0.4, -0.2) is 32.8 Å². The van der Waals surface area contributed by atoms with Crippen molar-refractivity contribution in [2.45, 2.75) is 19.0 Å². The van der Waals surface area contributed by atoms with Gasteiger partial charge in [-0.05, 0) is 12.0 Å². The number of hydrogen-bond acceptors (Lipinski definition) is 2. The largest absolute Gasteiger partial charge is 0.297 e. The highest BCUT2D eigenvalue weighted by Crippen LogP contribution is 2.13. The molecule has 2 N–H and O–H groups in total. The van der Waals surface area contributed by atoms with Gasteiger partial charge in [-0.2, -0.15) is 0 Å². The van der Waals surface area contributed by atoms with Crippen molar-refractivity contribution >= 4 is 11.3 Å². The van der Waals surface area contributed by atoms with E-state index in [1.54, 1.807) is 0 Å². The first kappa shape index (κ1) is 11.7. The topological polar surface area (TPSA) is 52.6 Å². The van der Waals surface area contributed by atoms with E-state index < -0.39 is 11.3 Å². The number of nitrogens with zero attached hydrogens (tertiary/aromatic N) is 1. The fraction of sp³-hybridized carbons (Fsp3) is 0.455. The first-order chi connectivity index (χ1) is 7.74. The Morgan fingerprint density at radius 3 is 2.88 bits per heavy atom. The summed E-state index contributed by atoms with van der Waals surface area (Å²) >= 11 is -1.89. The molecule has 0 bridgehead atoms. The molecule has 0 spiro atoms. The maximum absolute atomic E-state index is 10.6. The summed E-state index contributed by atoms with van der Waals surface area (Å²) in [7, 11) is 0. The highest BCUT2D eigenvalue weighted by molar-refractivity contribution is 7.77. The third-order valence-corrected chi connectivity index (χ3v) is 3.32. The minimum atomic E-state index is -1.89. The Balaban J connectivity index is 1.83. The highest BCUT2D eigenvalue weighted by atomic mass is 32.2. The molecule has 0 amide bonds. The fourth-order valence-electron chi connectivity index (χ4n) is 2.06. The molecular weight excluding hydrogens is 224 g/mol. The first-order valence-corrected chi connectivity index (χ1v) is 6.48. The Hall–Kier alpha value is -0.750. The van der Waals surface area contributed by atoms with Crippen LogP contribution in [0.3, 0.4) is 0 Å². The molecule has 0 saturated carbocycles. The third-order valence-electron chi connectivity index (χ3n) is 2.79. The van der Waals surface area contributed by atoms with E-state index in [0.29, 0.717) is 0 Å². The summed E-state index contributed by atoms with van der Waals surface area (Å²) in [5.74, 6) is 0. The lowest BCUT2D eigenvalue weighted by atomic mass is 10.2. The van der Waals surface area contributed by atoms with Crippen LogP contribution in [0.2, 0.25) is 0 Å². The van der Waals surface area contributed by atoms with Crippen LogP contribution in [0.15, 0.2) is 30.3 Å². The van der Waals surface area contributed by atoms with Crippen LogP contribution in [0.25, 0.3) is 0 Å². The minimum Gasteiger partial charge on any atom is -0.297 e. The summed E-state index contributed by atoms with van der Waals surface area (Å²) in [5.41, 5.74) is 1.29.